The second-order valence-corrected chi connectivity index (χ2v) is 14.0. The number of aliphatic hydroxyl groups is 1. The molecule has 2 aromatic rings. The highest BCUT2D eigenvalue weighted by molar-refractivity contribution is 6.76. The summed E-state index contributed by atoms with van der Waals surface area (Å²) in [4.78, 5) is 4.11. The Balaban J connectivity index is 2.44. The van der Waals surface area contributed by atoms with Crippen molar-refractivity contribution in [1.82, 2.24) is 9.55 Å². The summed E-state index contributed by atoms with van der Waals surface area (Å²) in [6, 6.07) is 1.88. The monoisotopic (exact) mass is 437 g/mol. The lowest BCUT2D eigenvalue weighted by atomic mass is 10.1. The number of ether oxygens (including phenoxy) is 1. The topological polar surface area (TPSA) is 59.3 Å². The molecule has 0 fully saturated rings. The lowest BCUT2D eigenvalue weighted by molar-refractivity contribution is -0.136. The second kappa shape index (κ2) is 9.02. The molecule has 0 aliphatic heterocycles. The molecule has 5 nitrogen and oxygen atoms in total. The van der Waals surface area contributed by atoms with Crippen molar-refractivity contribution >= 4 is 36.4 Å². The van der Waals surface area contributed by atoms with Crippen LogP contribution >= 0.6 is 11.6 Å². The van der Waals surface area contributed by atoms with Crippen molar-refractivity contribution in [2.75, 3.05) is 18.5 Å². The van der Waals surface area contributed by atoms with Gasteiger partial charge in [-0.25, -0.2) is 4.98 Å². The number of pyridine rings is 1. The molecule has 10 heteroatoms. The van der Waals surface area contributed by atoms with Crippen LogP contribution in [0.3, 0.4) is 0 Å². The minimum Gasteiger partial charge on any atom is -0.394 e. The number of anilines is 1. The van der Waals surface area contributed by atoms with E-state index in [-0.39, 0.29) is 41.3 Å². The van der Waals surface area contributed by atoms with E-state index < -0.39 is 19.8 Å². The first-order valence-corrected chi connectivity index (χ1v) is 13.3. The number of hydrogen-bond acceptors (Lipinski definition) is 4. The summed E-state index contributed by atoms with van der Waals surface area (Å²) in [5.41, 5.74) is -0.511. The van der Waals surface area contributed by atoms with Gasteiger partial charge in [-0.2, -0.15) is 13.2 Å². The summed E-state index contributed by atoms with van der Waals surface area (Å²) < 4.78 is 48.0. The highest BCUT2D eigenvalue weighted by Gasteiger charge is 2.36. The van der Waals surface area contributed by atoms with Gasteiger partial charge < -0.3 is 19.7 Å². The molecule has 1 atom stereocenters. The predicted octanol–water partition coefficient (Wildman–Crippen LogP) is 5.20. The Hall–Kier alpha value is -1.29. The molecular weight excluding hydrogens is 411 g/mol. The molecule has 1 unspecified atom stereocenters. The van der Waals surface area contributed by atoms with Crippen molar-refractivity contribution in [2.24, 2.45) is 0 Å². The van der Waals surface area contributed by atoms with Gasteiger partial charge in [0.15, 0.2) is 0 Å². The van der Waals surface area contributed by atoms with E-state index >= 15 is 0 Å². The number of hydrogen-bond donors (Lipinski definition) is 2. The number of aromatic nitrogens is 2. The average Bonchev–Trinajstić information content (AvgIpc) is 2.94. The van der Waals surface area contributed by atoms with E-state index in [1.807, 2.05) is 6.92 Å². The fraction of sp³-hybridized carbons (Fsp3) is 0.611. The largest absolute Gasteiger partial charge is 0.418 e. The molecule has 0 saturated carbocycles. The van der Waals surface area contributed by atoms with Gasteiger partial charge in [0.25, 0.3) is 0 Å². The van der Waals surface area contributed by atoms with E-state index in [2.05, 4.69) is 29.9 Å². The first-order valence-electron chi connectivity index (χ1n) is 9.18. The van der Waals surface area contributed by atoms with Crippen LogP contribution in [-0.4, -0.2) is 42.0 Å². The quantitative estimate of drug-likeness (QED) is 0.321. The first-order chi connectivity index (χ1) is 13.0. The molecule has 0 saturated heterocycles. The summed E-state index contributed by atoms with van der Waals surface area (Å²) in [5.74, 6) is 0. The number of alkyl halides is 3. The molecule has 2 rings (SSSR count). The number of fused-ring (bicyclic) bond motifs is 1. The summed E-state index contributed by atoms with van der Waals surface area (Å²) in [5, 5.41) is 12.4. The molecule has 0 bridgehead atoms. The van der Waals surface area contributed by atoms with Crippen molar-refractivity contribution in [2.45, 2.75) is 58.0 Å². The fourth-order valence-corrected chi connectivity index (χ4v) is 3.67. The molecule has 0 aromatic carbocycles. The van der Waals surface area contributed by atoms with E-state index in [9.17, 15) is 18.3 Å². The molecule has 158 valence electrons. The molecular formula is C18H27ClF3N3O2Si. The Bertz CT molecular complexity index is 802. The number of nitrogens with zero attached hydrogens (tertiary/aromatic N) is 2. The normalized spacial score (nSPS) is 13.9. The Kier molecular flexibility index (Phi) is 7.41. The van der Waals surface area contributed by atoms with Gasteiger partial charge in [0, 0.05) is 32.6 Å². The predicted molar refractivity (Wildman–Crippen MR) is 109 cm³/mol. The van der Waals surface area contributed by atoms with Gasteiger partial charge in [-0.05, 0) is 18.5 Å². The minimum atomic E-state index is -4.56. The van der Waals surface area contributed by atoms with Crippen LogP contribution in [0.2, 0.25) is 30.8 Å². The molecule has 0 spiro atoms. The van der Waals surface area contributed by atoms with Crippen LogP contribution in [0.25, 0.3) is 11.0 Å². The molecule has 0 radical (unpaired) electrons. The average molecular weight is 438 g/mol. The maximum absolute atomic E-state index is 13.7. The van der Waals surface area contributed by atoms with Crippen molar-refractivity contribution in [3.8, 4) is 0 Å². The number of aliphatic hydroxyl groups excluding tert-OH is 1. The molecule has 2 aromatic heterocycles. The van der Waals surface area contributed by atoms with Crippen LogP contribution in [0.4, 0.5) is 18.9 Å². The molecule has 0 aliphatic rings. The van der Waals surface area contributed by atoms with Gasteiger partial charge in [0.1, 0.15) is 17.5 Å². The van der Waals surface area contributed by atoms with Gasteiger partial charge >= 0.3 is 6.18 Å². The summed E-state index contributed by atoms with van der Waals surface area (Å²) >= 11 is 6.07. The van der Waals surface area contributed by atoms with Crippen molar-refractivity contribution in [3.63, 3.8) is 0 Å². The highest BCUT2D eigenvalue weighted by atomic mass is 35.5. The SMILES string of the molecule is CCC(CO)Nc1cc(Cl)nc2c1c(C(F)(F)F)cn2COCC[Si](C)(C)C. The summed E-state index contributed by atoms with van der Waals surface area (Å²) in [6.45, 7) is 8.66. The summed E-state index contributed by atoms with van der Waals surface area (Å²) in [7, 11) is -1.30. The maximum Gasteiger partial charge on any atom is 0.418 e. The molecule has 2 N–H and O–H groups in total. The molecule has 28 heavy (non-hydrogen) atoms. The van der Waals surface area contributed by atoms with Crippen LogP contribution in [0.5, 0.6) is 0 Å². The van der Waals surface area contributed by atoms with E-state index in [0.717, 1.165) is 12.2 Å². The Morgan fingerprint density at radius 1 is 1.36 bits per heavy atom. The number of nitrogens with one attached hydrogen (secondary N) is 1. The van der Waals surface area contributed by atoms with E-state index in [4.69, 9.17) is 16.3 Å². The first kappa shape index (κ1) is 23.0. The zero-order chi connectivity index (χ0) is 21.1. The van der Waals surface area contributed by atoms with Crippen LogP contribution in [0.15, 0.2) is 12.3 Å². The third-order valence-electron chi connectivity index (χ3n) is 4.40. The minimum absolute atomic E-state index is 0.0406. The summed E-state index contributed by atoms with van der Waals surface area (Å²) in [6.07, 6.45) is -3.01. The second-order valence-electron chi connectivity index (χ2n) is 7.98. The van der Waals surface area contributed by atoms with Gasteiger partial charge in [0.2, 0.25) is 0 Å². The Labute approximate surface area is 168 Å². The zero-order valence-corrected chi connectivity index (χ0v) is 18.3. The van der Waals surface area contributed by atoms with Crippen molar-refractivity contribution in [3.05, 3.63) is 23.0 Å². The Morgan fingerprint density at radius 3 is 2.57 bits per heavy atom. The molecule has 0 aliphatic carbocycles. The Morgan fingerprint density at radius 2 is 2.04 bits per heavy atom. The van der Waals surface area contributed by atoms with Gasteiger partial charge in [-0.15, -0.1) is 0 Å². The van der Waals surface area contributed by atoms with Gasteiger partial charge in [-0.1, -0.05) is 38.2 Å². The van der Waals surface area contributed by atoms with Crippen molar-refractivity contribution < 1.29 is 23.0 Å². The van der Waals surface area contributed by atoms with Gasteiger partial charge in [0.05, 0.1) is 17.6 Å². The van der Waals surface area contributed by atoms with E-state index in [0.29, 0.717) is 13.0 Å². The highest BCUT2D eigenvalue weighted by Crippen LogP contribution is 2.40. The van der Waals surface area contributed by atoms with Crippen LogP contribution in [0, 0.1) is 0 Å². The van der Waals surface area contributed by atoms with Crippen LogP contribution in [-0.2, 0) is 17.6 Å². The van der Waals surface area contributed by atoms with E-state index in [1.165, 1.54) is 10.6 Å². The smallest absolute Gasteiger partial charge is 0.394 e. The van der Waals surface area contributed by atoms with Crippen molar-refractivity contribution in [1.29, 1.82) is 0 Å². The third kappa shape index (κ3) is 5.85. The standard InChI is InChI=1S/C18H27ClF3N3O2Si/c1-5-12(10-26)23-14-8-15(19)24-17-16(14)13(18(20,21)22)9-25(17)11-27-6-7-28(2,3)4/h8-9,12,26H,5-7,10-11H2,1-4H3,(H,23,24). The lowest BCUT2D eigenvalue weighted by Crippen LogP contribution is -2.23. The van der Waals surface area contributed by atoms with Crippen LogP contribution < -0.4 is 5.32 Å². The van der Waals surface area contributed by atoms with Gasteiger partial charge in [-0.3, -0.25) is 0 Å². The number of halogens is 4. The fourth-order valence-electron chi connectivity index (χ4n) is 2.72. The molecule has 0 amide bonds. The van der Waals surface area contributed by atoms with E-state index in [1.54, 1.807) is 0 Å². The third-order valence-corrected chi connectivity index (χ3v) is 6.30. The molecule has 2 heterocycles. The lowest BCUT2D eigenvalue weighted by Gasteiger charge is -2.18. The maximum atomic E-state index is 13.7. The van der Waals surface area contributed by atoms with Crippen LogP contribution in [0.1, 0.15) is 18.9 Å². The number of rotatable bonds is 9. The zero-order valence-electron chi connectivity index (χ0n) is 16.5.